The summed E-state index contributed by atoms with van der Waals surface area (Å²) in [5, 5.41) is 6.77. The molecule has 1 atom stereocenters. The summed E-state index contributed by atoms with van der Waals surface area (Å²) >= 11 is 0. The average molecular weight is 245 g/mol. The van der Waals surface area contributed by atoms with Gasteiger partial charge >= 0.3 is 0 Å². The van der Waals surface area contributed by atoms with E-state index in [1.54, 1.807) is 0 Å². The minimum absolute atomic E-state index is 0.291. The third kappa shape index (κ3) is 2.34. The van der Waals surface area contributed by atoms with E-state index < -0.39 is 0 Å². The van der Waals surface area contributed by atoms with Crippen LogP contribution in [0.2, 0.25) is 0 Å². The largest absolute Gasteiger partial charge is 0.424 e. The van der Waals surface area contributed by atoms with Crippen LogP contribution in [0.25, 0.3) is 11.1 Å². The van der Waals surface area contributed by atoms with Gasteiger partial charge in [0.25, 0.3) is 6.01 Å². The van der Waals surface area contributed by atoms with Crippen LogP contribution < -0.4 is 10.6 Å². The van der Waals surface area contributed by atoms with Crippen molar-refractivity contribution in [3.05, 3.63) is 24.3 Å². The first-order chi connectivity index (χ1) is 8.75. The number of oxazole rings is 1. The van der Waals surface area contributed by atoms with Crippen LogP contribution in [0, 0.1) is 5.41 Å². The van der Waals surface area contributed by atoms with Crippen LogP contribution in [0.5, 0.6) is 0 Å². The van der Waals surface area contributed by atoms with Crippen molar-refractivity contribution < 1.29 is 4.42 Å². The predicted molar refractivity (Wildman–Crippen MR) is 72.7 cm³/mol. The highest BCUT2D eigenvalue weighted by atomic mass is 16.4. The van der Waals surface area contributed by atoms with Crippen LogP contribution in [0.1, 0.15) is 19.8 Å². The van der Waals surface area contributed by atoms with E-state index in [1.165, 1.54) is 12.8 Å². The first-order valence-corrected chi connectivity index (χ1v) is 6.55. The molecular formula is C14H19N3O. The lowest BCUT2D eigenvalue weighted by atomic mass is 9.83. The van der Waals surface area contributed by atoms with Gasteiger partial charge in [0.05, 0.1) is 0 Å². The Bertz CT molecular complexity index is 496. The number of anilines is 1. The Balaban J connectivity index is 1.69. The summed E-state index contributed by atoms with van der Waals surface area (Å²) < 4.78 is 5.66. The zero-order valence-electron chi connectivity index (χ0n) is 10.7. The maximum absolute atomic E-state index is 5.66. The maximum Gasteiger partial charge on any atom is 0.295 e. The normalized spacial score (nSPS) is 24.3. The standard InChI is InChI=1S/C14H19N3O/c1-14(7-4-8-15-9-14)10-16-13-17-11-5-2-3-6-12(11)18-13/h2-3,5-6,15H,4,7-10H2,1H3,(H,16,17). The highest BCUT2D eigenvalue weighted by Gasteiger charge is 2.26. The van der Waals surface area contributed by atoms with E-state index in [9.17, 15) is 0 Å². The zero-order valence-corrected chi connectivity index (χ0v) is 10.7. The van der Waals surface area contributed by atoms with Crippen LogP contribution in [-0.4, -0.2) is 24.6 Å². The van der Waals surface area contributed by atoms with Gasteiger partial charge < -0.3 is 15.1 Å². The van der Waals surface area contributed by atoms with Gasteiger partial charge in [-0.1, -0.05) is 19.1 Å². The number of hydrogen-bond donors (Lipinski definition) is 2. The number of piperidine rings is 1. The molecule has 1 aliphatic heterocycles. The van der Waals surface area contributed by atoms with E-state index in [4.69, 9.17) is 4.42 Å². The van der Waals surface area contributed by atoms with Crippen LogP contribution in [0.3, 0.4) is 0 Å². The smallest absolute Gasteiger partial charge is 0.295 e. The van der Waals surface area contributed by atoms with Gasteiger partial charge in [-0.15, -0.1) is 0 Å². The lowest BCUT2D eigenvalue weighted by Gasteiger charge is -2.33. The lowest BCUT2D eigenvalue weighted by molar-refractivity contribution is 0.252. The van der Waals surface area contributed by atoms with Crippen molar-refractivity contribution in [3.8, 4) is 0 Å². The topological polar surface area (TPSA) is 50.1 Å². The third-order valence-corrected chi connectivity index (χ3v) is 3.65. The van der Waals surface area contributed by atoms with Crippen molar-refractivity contribution in [3.63, 3.8) is 0 Å². The van der Waals surface area contributed by atoms with E-state index >= 15 is 0 Å². The molecule has 3 rings (SSSR count). The molecule has 2 heterocycles. The van der Waals surface area contributed by atoms with E-state index in [0.717, 1.165) is 30.7 Å². The Labute approximate surface area is 107 Å². The van der Waals surface area contributed by atoms with Gasteiger partial charge in [-0.05, 0) is 36.9 Å². The second-order valence-electron chi connectivity index (χ2n) is 5.43. The minimum atomic E-state index is 0.291. The fraction of sp³-hybridized carbons (Fsp3) is 0.500. The predicted octanol–water partition coefficient (Wildman–Crippen LogP) is 2.63. The molecule has 0 amide bonds. The molecule has 96 valence electrons. The second kappa shape index (κ2) is 4.61. The number of aromatic nitrogens is 1. The number of rotatable bonds is 3. The molecule has 4 nitrogen and oxygen atoms in total. The fourth-order valence-electron chi connectivity index (χ4n) is 2.51. The van der Waals surface area contributed by atoms with Gasteiger partial charge in [-0.3, -0.25) is 0 Å². The molecule has 1 aromatic heterocycles. The molecular weight excluding hydrogens is 226 g/mol. The van der Waals surface area contributed by atoms with E-state index in [-0.39, 0.29) is 0 Å². The summed E-state index contributed by atoms with van der Waals surface area (Å²) in [4.78, 5) is 4.43. The van der Waals surface area contributed by atoms with Gasteiger partial charge in [-0.2, -0.15) is 4.98 Å². The van der Waals surface area contributed by atoms with Crippen LogP contribution >= 0.6 is 0 Å². The van der Waals surface area contributed by atoms with Crippen molar-refractivity contribution in [1.82, 2.24) is 10.3 Å². The summed E-state index contributed by atoms with van der Waals surface area (Å²) in [6.45, 7) is 5.39. The molecule has 1 unspecified atom stereocenters. The molecule has 1 saturated heterocycles. The Kier molecular flexibility index (Phi) is 2.96. The molecule has 18 heavy (non-hydrogen) atoms. The average Bonchev–Trinajstić information content (AvgIpc) is 2.80. The van der Waals surface area contributed by atoms with Crippen LogP contribution in [-0.2, 0) is 0 Å². The van der Waals surface area contributed by atoms with Gasteiger partial charge in [0.15, 0.2) is 5.58 Å². The monoisotopic (exact) mass is 245 g/mol. The van der Waals surface area contributed by atoms with Gasteiger partial charge in [-0.25, -0.2) is 0 Å². The van der Waals surface area contributed by atoms with Gasteiger partial charge in [0.2, 0.25) is 0 Å². The summed E-state index contributed by atoms with van der Waals surface area (Å²) in [7, 11) is 0. The van der Waals surface area contributed by atoms with Crippen molar-refractivity contribution in [2.75, 3.05) is 25.0 Å². The molecule has 0 bridgehead atoms. The van der Waals surface area contributed by atoms with Gasteiger partial charge in [0, 0.05) is 13.1 Å². The molecule has 1 aliphatic rings. The SMILES string of the molecule is CC1(CNc2nc3ccccc3o2)CCCNC1. The molecule has 4 heteroatoms. The van der Waals surface area contributed by atoms with Crippen LogP contribution in [0.15, 0.2) is 28.7 Å². The molecule has 1 aromatic carbocycles. The maximum atomic E-state index is 5.66. The number of para-hydroxylation sites is 2. The summed E-state index contributed by atoms with van der Waals surface area (Å²) in [5.74, 6) is 0. The fourth-order valence-corrected chi connectivity index (χ4v) is 2.51. The molecule has 0 radical (unpaired) electrons. The summed E-state index contributed by atoms with van der Waals surface area (Å²) in [5.41, 5.74) is 2.04. The highest BCUT2D eigenvalue weighted by molar-refractivity contribution is 5.74. The van der Waals surface area contributed by atoms with Crippen LogP contribution in [0.4, 0.5) is 6.01 Å². The Morgan fingerprint density at radius 3 is 3.11 bits per heavy atom. The molecule has 0 spiro atoms. The third-order valence-electron chi connectivity index (χ3n) is 3.65. The number of fused-ring (bicyclic) bond motifs is 1. The number of nitrogens with one attached hydrogen (secondary N) is 2. The molecule has 2 aromatic rings. The van der Waals surface area contributed by atoms with E-state index in [1.807, 2.05) is 24.3 Å². The van der Waals surface area contributed by atoms with E-state index in [0.29, 0.717) is 11.4 Å². The van der Waals surface area contributed by atoms with Crippen molar-refractivity contribution in [2.24, 2.45) is 5.41 Å². The number of hydrogen-bond acceptors (Lipinski definition) is 4. The van der Waals surface area contributed by atoms with E-state index in [2.05, 4.69) is 22.5 Å². The Morgan fingerprint density at radius 2 is 2.33 bits per heavy atom. The molecule has 0 saturated carbocycles. The number of benzene rings is 1. The first kappa shape index (κ1) is 11.5. The van der Waals surface area contributed by atoms with Crippen molar-refractivity contribution in [2.45, 2.75) is 19.8 Å². The Morgan fingerprint density at radius 1 is 1.44 bits per heavy atom. The Hall–Kier alpha value is -1.55. The minimum Gasteiger partial charge on any atom is -0.424 e. The molecule has 1 fully saturated rings. The quantitative estimate of drug-likeness (QED) is 0.872. The summed E-state index contributed by atoms with van der Waals surface area (Å²) in [6.07, 6.45) is 2.49. The van der Waals surface area contributed by atoms with Crippen molar-refractivity contribution >= 4 is 17.1 Å². The summed E-state index contributed by atoms with van der Waals surface area (Å²) in [6, 6.07) is 8.47. The zero-order chi connectivity index (χ0) is 12.4. The lowest BCUT2D eigenvalue weighted by Crippen LogP contribution is -2.42. The number of nitrogens with zero attached hydrogens (tertiary/aromatic N) is 1. The van der Waals surface area contributed by atoms with Crippen molar-refractivity contribution in [1.29, 1.82) is 0 Å². The molecule has 2 N–H and O–H groups in total. The first-order valence-electron chi connectivity index (χ1n) is 6.55. The highest BCUT2D eigenvalue weighted by Crippen LogP contribution is 2.26. The second-order valence-corrected chi connectivity index (χ2v) is 5.43. The van der Waals surface area contributed by atoms with Gasteiger partial charge in [0.1, 0.15) is 5.52 Å². The molecule has 0 aliphatic carbocycles.